The van der Waals surface area contributed by atoms with Crippen molar-refractivity contribution < 1.29 is 4.92 Å². The van der Waals surface area contributed by atoms with Crippen LogP contribution < -0.4 is 0 Å². The molecule has 0 spiro atoms. The normalized spacial score (nSPS) is 10.5. The molecule has 0 amide bonds. The third-order valence-electron chi connectivity index (χ3n) is 2.27. The molecule has 7 heteroatoms. The Balaban J connectivity index is 2.62. The van der Waals surface area contributed by atoms with Crippen molar-refractivity contribution in [2.75, 3.05) is 0 Å². The number of hydrogen-bond acceptors (Lipinski definition) is 4. The Morgan fingerprint density at radius 3 is 2.71 bits per heavy atom. The maximum atomic E-state index is 10.8. The molecule has 0 saturated heterocycles. The Morgan fingerprint density at radius 1 is 1.47 bits per heavy atom. The van der Waals surface area contributed by atoms with Gasteiger partial charge in [-0.1, -0.05) is 11.6 Å². The summed E-state index contributed by atoms with van der Waals surface area (Å²) in [5.74, 6) is 0.464. The first-order valence-corrected chi connectivity index (χ1v) is 5.21. The van der Waals surface area contributed by atoms with E-state index in [-0.39, 0.29) is 16.5 Å². The summed E-state index contributed by atoms with van der Waals surface area (Å²) in [7, 11) is 0. The van der Waals surface area contributed by atoms with Gasteiger partial charge in [-0.05, 0) is 31.5 Å². The van der Waals surface area contributed by atoms with Crippen molar-refractivity contribution >= 4 is 17.3 Å². The maximum Gasteiger partial charge on any atom is 0.329 e. The van der Waals surface area contributed by atoms with Crippen LogP contribution in [0.3, 0.4) is 0 Å². The van der Waals surface area contributed by atoms with Crippen LogP contribution in [0.2, 0.25) is 5.15 Å². The summed E-state index contributed by atoms with van der Waals surface area (Å²) in [6, 6.07) is 3.57. The Labute approximate surface area is 102 Å². The predicted octanol–water partition coefficient (Wildman–Crippen LogP) is 2.45. The van der Waals surface area contributed by atoms with Crippen molar-refractivity contribution in [3.05, 3.63) is 44.9 Å². The van der Waals surface area contributed by atoms with Gasteiger partial charge in [-0.2, -0.15) is 9.78 Å². The number of aryl methyl sites for hydroxylation is 2. The van der Waals surface area contributed by atoms with Gasteiger partial charge in [0.15, 0.2) is 5.82 Å². The topological polar surface area (TPSA) is 73.8 Å². The van der Waals surface area contributed by atoms with Gasteiger partial charge < -0.3 is 0 Å². The number of nitrogens with zero attached hydrogens (tertiary/aromatic N) is 4. The lowest BCUT2D eigenvalue weighted by Gasteiger charge is -2.01. The molecule has 17 heavy (non-hydrogen) atoms. The molecule has 0 N–H and O–H groups in total. The molecule has 2 heterocycles. The van der Waals surface area contributed by atoms with Gasteiger partial charge in [0, 0.05) is 6.20 Å². The van der Waals surface area contributed by atoms with Crippen LogP contribution in [0.15, 0.2) is 18.3 Å². The van der Waals surface area contributed by atoms with Crippen LogP contribution in [-0.2, 0) is 0 Å². The predicted molar refractivity (Wildman–Crippen MR) is 62.5 cm³/mol. The lowest BCUT2D eigenvalue weighted by molar-refractivity contribution is -0.385. The van der Waals surface area contributed by atoms with Crippen molar-refractivity contribution in [1.82, 2.24) is 14.8 Å². The Hall–Kier alpha value is -1.95. The van der Waals surface area contributed by atoms with Gasteiger partial charge in [-0.15, -0.1) is 0 Å². The van der Waals surface area contributed by atoms with Crippen LogP contribution >= 0.6 is 11.6 Å². The highest BCUT2D eigenvalue weighted by molar-refractivity contribution is 6.32. The number of aromatic nitrogens is 3. The summed E-state index contributed by atoms with van der Waals surface area (Å²) in [6.45, 7) is 3.43. The van der Waals surface area contributed by atoms with Gasteiger partial charge in [-0.3, -0.25) is 10.1 Å². The van der Waals surface area contributed by atoms with Gasteiger partial charge in [0.25, 0.3) is 0 Å². The van der Waals surface area contributed by atoms with Crippen molar-refractivity contribution in [3.63, 3.8) is 0 Å². The molecule has 0 radical (unpaired) electrons. The van der Waals surface area contributed by atoms with E-state index in [0.717, 1.165) is 5.56 Å². The lowest BCUT2D eigenvalue weighted by atomic mass is 10.3. The molecule has 6 nitrogen and oxygen atoms in total. The van der Waals surface area contributed by atoms with Crippen molar-refractivity contribution in [2.45, 2.75) is 13.8 Å². The molecule has 0 bridgehead atoms. The summed E-state index contributed by atoms with van der Waals surface area (Å²) in [6.07, 6.45) is 1.60. The first-order chi connectivity index (χ1) is 8.00. The molecular weight excluding hydrogens is 244 g/mol. The SMILES string of the molecule is Cc1ccnc(-n2nc(C)c([N+](=O)[O-])c2Cl)c1. The summed E-state index contributed by atoms with van der Waals surface area (Å²) in [5.41, 5.74) is 1.06. The molecule has 0 unspecified atom stereocenters. The van der Waals surface area contributed by atoms with E-state index in [4.69, 9.17) is 11.6 Å². The second-order valence-corrected chi connectivity index (χ2v) is 3.94. The number of nitro groups is 1. The fraction of sp³-hybridized carbons (Fsp3) is 0.200. The number of rotatable bonds is 2. The summed E-state index contributed by atoms with van der Waals surface area (Å²) in [4.78, 5) is 14.3. The van der Waals surface area contributed by atoms with Gasteiger partial charge in [-0.25, -0.2) is 4.98 Å². The molecule has 0 fully saturated rings. The molecule has 88 valence electrons. The van der Waals surface area contributed by atoms with E-state index in [2.05, 4.69) is 10.1 Å². The minimum Gasteiger partial charge on any atom is -0.258 e. The first-order valence-electron chi connectivity index (χ1n) is 4.83. The molecule has 0 aliphatic heterocycles. The van der Waals surface area contributed by atoms with Gasteiger partial charge in [0.05, 0.1) is 4.92 Å². The first kappa shape index (κ1) is 11.5. The molecule has 0 aliphatic rings. The Bertz CT molecular complexity index is 594. The minimum absolute atomic E-state index is 0.0365. The Morgan fingerprint density at radius 2 is 2.18 bits per heavy atom. The second-order valence-electron chi connectivity index (χ2n) is 3.59. The summed E-state index contributed by atoms with van der Waals surface area (Å²) in [5, 5.41) is 14.8. The van der Waals surface area contributed by atoms with Crippen LogP contribution in [0.5, 0.6) is 0 Å². The molecule has 0 aliphatic carbocycles. The highest BCUT2D eigenvalue weighted by Gasteiger charge is 2.24. The lowest BCUT2D eigenvalue weighted by Crippen LogP contribution is -2.00. The maximum absolute atomic E-state index is 10.8. The highest BCUT2D eigenvalue weighted by atomic mass is 35.5. The van der Waals surface area contributed by atoms with E-state index >= 15 is 0 Å². The number of pyridine rings is 1. The Kier molecular flexibility index (Phi) is 2.81. The number of halogens is 1. The smallest absolute Gasteiger partial charge is 0.258 e. The zero-order valence-corrected chi connectivity index (χ0v) is 9.97. The van der Waals surface area contributed by atoms with Gasteiger partial charge >= 0.3 is 5.69 Å². The van der Waals surface area contributed by atoms with Crippen molar-refractivity contribution in [1.29, 1.82) is 0 Å². The fourth-order valence-electron chi connectivity index (χ4n) is 1.49. The molecule has 2 aromatic rings. The average Bonchev–Trinajstić information content (AvgIpc) is 2.54. The van der Waals surface area contributed by atoms with E-state index in [0.29, 0.717) is 5.82 Å². The summed E-state index contributed by atoms with van der Waals surface area (Å²) >= 11 is 5.93. The quantitative estimate of drug-likeness (QED) is 0.608. The van der Waals surface area contributed by atoms with Crippen LogP contribution in [0.4, 0.5) is 5.69 Å². The zero-order chi connectivity index (χ0) is 12.6. The molecule has 0 saturated carbocycles. The largest absolute Gasteiger partial charge is 0.329 e. The third kappa shape index (κ3) is 1.99. The highest BCUT2D eigenvalue weighted by Crippen LogP contribution is 2.29. The second kappa shape index (κ2) is 4.14. The molecule has 2 rings (SSSR count). The zero-order valence-electron chi connectivity index (χ0n) is 9.22. The van der Waals surface area contributed by atoms with E-state index in [1.807, 2.05) is 13.0 Å². The van der Waals surface area contributed by atoms with E-state index in [1.54, 1.807) is 12.3 Å². The van der Waals surface area contributed by atoms with E-state index in [9.17, 15) is 10.1 Å². The van der Waals surface area contributed by atoms with Gasteiger partial charge in [0.1, 0.15) is 5.69 Å². The standard InChI is InChI=1S/C10H9ClN4O2/c1-6-3-4-12-8(5-6)14-10(11)9(15(16)17)7(2)13-14/h3-5H,1-2H3. The molecular formula is C10H9ClN4O2. The van der Waals surface area contributed by atoms with Crippen LogP contribution in [-0.4, -0.2) is 19.7 Å². The van der Waals surface area contributed by atoms with Crippen molar-refractivity contribution in [3.8, 4) is 5.82 Å². The fourth-order valence-corrected chi connectivity index (χ4v) is 1.82. The monoisotopic (exact) mass is 252 g/mol. The van der Waals surface area contributed by atoms with Crippen LogP contribution in [0.1, 0.15) is 11.3 Å². The average molecular weight is 253 g/mol. The minimum atomic E-state index is -0.545. The van der Waals surface area contributed by atoms with Crippen molar-refractivity contribution in [2.24, 2.45) is 0 Å². The van der Waals surface area contributed by atoms with Gasteiger partial charge in [0.2, 0.25) is 5.15 Å². The summed E-state index contributed by atoms with van der Waals surface area (Å²) < 4.78 is 1.27. The number of hydrogen-bond donors (Lipinski definition) is 0. The molecule has 2 aromatic heterocycles. The van der Waals surface area contributed by atoms with E-state index in [1.165, 1.54) is 11.6 Å². The third-order valence-corrected chi connectivity index (χ3v) is 2.61. The molecule has 0 atom stereocenters. The van der Waals surface area contributed by atoms with Crippen LogP contribution in [0.25, 0.3) is 5.82 Å². The van der Waals surface area contributed by atoms with E-state index < -0.39 is 4.92 Å². The molecule has 0 aromatic carbocycles. The van der Waals surface area contributed by atoms with Crippen LogP contribution in [0, 0.1) is 24.0 Å².